The summed E-state index contributed by atoms with van der Waals surface area (Å²) in [4.78, 5) is 2.57. The predicted octanol–water partition coefficient (Wildman–Crippen LogP) is 2.27. The number of nitrogens with zero attached hydrogens (tertiary/aromatic N) is 1. The van der Waals surface area contributed by atoms with Crippen LogP contribution >= 0.6 is 0 Å². The lowest BCUT2D eigenvalue weighted by Crippen LogP contribution is -2.42. The summed E-state index contributed by atoms with van der Waals surface area (Å²) in [5.74, 6) is 0.954. The Morgan fingerprint density at radius 1 is 1.06 bits per heavy atom. The maximum Gasteiger partial charge on any atom is 0.0480 e. The summed E-state index contributed by atoms with van der Waals surface area (Å²) < 4.78 is 5.38. The number of ether oxygens (including phenoxy) is 1. The van der Waals surface area contributed by atoms with Crippen molar-refractivity contribution >= 4 is 0 Å². The highest BCUT2D eigenvalue weighted by molar-refractivity contribution is 4.77. The Morgan fingerprint density at radius 2 is 1.72 bits per heavy atom. The largest absolute Gasteiger partial charge is 0.381 e. The van der Waals surface area contributed by atoms with Crippen molar-refractivity contribution in [3.05, 3.63) is 0 Å². The standard InChI is InChI=1S/C15H30N2O/c1-13-3-5-15(6-4-13)17(2)10-9-16-14-7-11-18-12-8-14/h13-16H,3-12H2,1-2H3. The van der Waals surface area contributed by atoms with Crippen molar-refractivity contribution in [2.24, 2.45) is 5.92 Å². The third-order valence-corrected chi connectivity index (χ3v) is 4.73. The fraction of sp³-hybridized carbons (Fsp3) is 1.00. The molecule has 18 heavy (non-hydrogen) atoms. The van der Waals surface area contributed by atoms with E-state index in [4.69, 9.17) is 4.74 Å². The van der Waals surface area contributed by atoms with Crippen molar-refractivity contribution in [2.45, 2.75) is 57.5 Å². The minimum absolute atomic E-state index is 0.693. The van der Waals surface area contributed by atoms with Crippen LogP contribution in [0.4, 0.5) is 0 Å². The van der Waals surface area contributed by atoms with Gasteiger partial charge in [0.1, 0.15) is 0 Å². The highest BCUT2D eigenvalue weighted by Gasteiger charge is 2.21. The van der Waals surface area contributed by atoms with Crippen LogP contribution in [0, 0.1) is 5.92 Å². The molecule has 1 heterocycles. The van der Waals surface area contributed by atoms with E-state index in [-0.39, 0.29) is 0 Å². The van der Waals surface area contributed by atoms with E-state index in [1.54, 1.807) is 0 Å². The highest BCUT2D eigenvalue weighted by atomic mass is 16.5. The first-order chi connectivity index (χ1) is 8.75. The average molecular weight is 254 g/mol. The third-order valence-electron chi connectivity index (χ3n) is 4.73. The van der Waals surface area contributed by atoms with E-state index in [2.05, 4.69) is 24.2 Å². The van der Waals surface area contributed by atoms with E-state index in [0.717, 1.165) is 31.7 Å². The predicted molar refractivity (Wildman–Crippen MR) is 75.9 cm³/mol. The Bertz CT molecular complexity index is 221. The lowest BCUT2D eigenvalue weighted by atomic mass is 9.87. The van der Waals surface area contributed by atoms with E-state index in [9.17, 15) is 0 Å². The molecule has 1 aliphatic carbocycles. The van der Waals surface area contributed by atoms with Crippen LogP contribution in [0.15, 0.2) is 0 Å². The van der Waals surface area contributed by atoms with Gasteiger partial charge in [-0.3, -0.25) is 0 Å². The summed E-state index contributed by atoms with van der Waals surface area (Å²) in [5.41, 5.74) is 0. The first kappa shape index (κ1) is 14.3. The SMILES string of the molecule is CC1CCC(N(C)CCNC2CCOCC2)CC1. The molecule has 0 aromatic rings. The van der Waals surface area contributed by atoms with Crippen molar-refractivity contribution in [3.63, 3.8) is 0 Å². The lowest BCUT2D eigenvalue weighted by Gasteiger charge is -2.34. The van der Waals surface area contributed by atoms with Gasteiger partial charge in [-0.15, -0.1) is 0 Å². The topological polar surface area (TPSA) is 24.5 Å². The third kappa shape index (κ3) is 4.52. The zero-order chi connectivity index (χ0) is 12.8. The van der Waals surface area contributed by atoms with Crippen LogP contribution in [-0.4, -0.2) is 50.3 Å². The quantitative estimate of drug-likeness (QED) is 0.814. The van der Waals surface area contributed by atoms with Gasteiger partial charge in [-0.25, -0.2) is 0 Å². The second kappa shape index (κ2) is 7.46. The van der Waals surface area contributed by atoms with Crippen LogP contribution < -0.4 is 5.32 Å². The van der Waals surface area contributed by atoms with E-state index in [1.807, 2.05) is 0 Å². The van der Waals surface area contributed by atoms with Crippen molar-refractivity contribution in [3.8, 4) is 0 Å². The number of likely N-dealkylation sites (N-methyl/N-ethyl adjacent to an activating group) is 1. The molecule has 2 rings (SSSR count). The molecule has 1 aliphatic heterocycles. The van der Waals surface area contributed by atoms with E-state index in [1.165, 1.54) is 45.1 Å². The first-order valence-corrected chi connectivity index (χ1v) is 7.77. The molecule has 2 aliphatic rings. The molecule has 0 radical (unpaired) electrons. The molecular formula is C15H30N2O. The van der Waals surface area contributed by atoms with Crippen LogP contribution in [0.1, 0.15) is 45.4 Å². The van der Waals surface area contributed by atoms with Gasteiger partial charge in [-0.1, -0.05) is 6.92 Å². The van der Waals surface area contributed by atoms with E-state index in [0.29, 0.717) is 6.04 Å². The Labute approximate surface area is 112 Å². The summed E-state index contributed by atoms with van der Waals surface area (Å²) in [6, 6.07) is 1.52. The van der Waals surface area contributed by atoms with E-state index < -0.39 is 0 Å². The van der Waals surface area contributed by atoms with Crippen molar-refractivity contribution in [2.75, 3.05) is 33.4 Å². The smallest absolute Gasteiger partial charge is 0.0480 e. The van der Waals surface area contributed by atoms with Gasteiger partial charge in [0, 0.05) is 38.4 Å². The normalized spacial score (nSPS) is 30.8. The first-order valence-electron chi connectivity index (χ1n) is 7.77. The fourth-order valence-corrected chi connectivity index (χ4v) is 3.21. The number of hydrogen-bond acceptors (Lipinski definition) is 3. The minimum Gasteiger partial charge on any atom is -0.381 e. The molecule has 0 aromatic heterocycles. The molecule has 0 unspecified atom stereocenters. The zero-order valence-corrected chi connectivity index (χ0v) is 12.2. The molecule has 2 fully saturated rings. The molecule has 106 valence electrons. The molecule has 3 nitrogen and oxygen atoms in total. The summed E-state index contributed by atoms with van der Waals surface area (Å²) >= 11 is 0. The molecule has 0 bridgehead atoms. The zero-order valence-electron chi connectivity index (χ0n) is 12.2. The Kier molecular flexibility index (Phi) is 5.93. The molecule has 0 amide bonds. The second-order valence-electron chi connectivity index (χ2n) is 6.24. The van der Waals surface area contributed by atoms with Gasteiger partial charge < -0.3 is 15.0 Å². The van der Waals surface area contributed by atoms with Gasteiger partial charge in [0.05, 0.1) is 0 Å². The summed E-state index contributed by atoms with van der Waals surface area (Å²) in [6.45, 7) is 6.59. The summed E-state index contributed by atoms with van der Waals surface area (Å²) in [6.07, 6.45) is 8.00. The maximum absolute atomic E-state index is 5.38. The molecule has 1 saturated carbocycles. The van der Waals surface area contributed by atoms with Gasteiger partial charge in [-0.05, 0) is 51.5 Å². The summed E-state index contributed by atoms with van der Waals surface area (Å²) in [7, 11) is 2.30. The summed E-state index contributed by atoms with van der Waals surface area (Å²) in [5, 5.41) is 3.68. The monoisotopic (exact) mass is 254 g/mol. The van der Waals surface area contributed by atoms with Crippen molar-refractivity contribution < 1.29 is 4.74 Å². The maximum atomic E-state index is 5.38. The van der Waals surface area contributed by atoms with Crippen LogP contribution in [0.5, 0.6) is 0 Å². The van der Waals surface area contributed by atoms with Crippen molar-refractivity contribution in [1.29, 1.82) is 0 Å². The van der Waals surface area contributed by atoms with Gasteiger partial charge in [0.25, 0.3) is 0 Å². The Balaban J connectivity index is 1.57. The van der Waals surface area contributed by atoms with Crippen molar-refractivity contribution in [1.82, 2.24) is 10.2 Å². The molecule has 3 heteroatoms. The molecule has 1 saturated heterocycles. The average Bonchev–Trinajstić information content (AvgIpc) is 2.40. The van der Waals surface area contributed by atoms with Crippen LogP contribution in [0.25, 0.3) is 0 Å². The molecule has 0 atom stereocenters. The number of rotatable bonds is 5. The molecule has 1 N–H and O–H groups in total. The second-order valence-corrected chi connectivity index (χ2v) is 6.24. The fourth-order valence-electron chi connectivity index (χ4n) is 3.21. The molecule has 0 aromatic carbocycles. The Morgan fingerprint density at radius 3 is 2.39 bits per heavy atom. The van der Waals surface area contributed by atoms with Crippen LogP contribution in [0.2, 0.25) is 0 Å². The van der Waals surface area contributed by atoms with Gasteiger partial charge in [0.15, 0.2) is 0 Å². The molecular weight excluding hydrogens is 224 g/mol. The minimum atomic E-state index is 0.693. The van der Waals surface area contributed by atoms with Crippen LogP contribution in [0.3, 0.4) is 0 Å². The lowest BCUT2D eigenvalue weighted by molar-refractivity contribution is 0.0765. The molecule has 0 spiro atoms. The Hall–Kier alpha value is -0.120. The highest BCUT2D eigenvalue weighted by Crippen LogP contribution is 2.26. The van der Waals surface area contributed by atoms with Gasteiger partial charge >= 0.3 is 0 Å². The van der Waals surface area contributed by atoms with E-state index >= 15 is 0 Å². The van der Waals surface area contributed by atoms with Crippen LogP contribution in [-0.2, 0) is 4.74 Å². The van der Waals surface area contributed by atoms with Gasteiger partial charge in [-0.2, -0.15) is 0 Å². The van der Waals surface area contributed by atoms with Gasteiger partial charge in [0.2, 0.25) is 0 Å². The number of hydrogen-bond donors (Lipinski definition) is 1. The number of nitrogens with one attached hydrogen (secondary N) is 1.